The number of halogens is 1. The van der Waals surface area contributed by atoms with Crippen molar-refractivity contribution in [3.05, 3.63) is 69.7 Å². The predicted molar refractivity (Wildman–Crippen MR) is 117 cm³/mol. The van der Waals surface area contributed by atoms with Crippen LogP contribution in [0.5, 0.6) is 0 Å². The lowest BCUT2D eigenvalue weighted by molar-refractivity contribution is 0.0879. The number of benzene rings is 2. The van der Waals surface area contributed by atoms with Gasteiger partial charge in [-0.3, -0.25) is 9.69 Å². The van der Waals surface area contributed by atoms with E-state index >= 15 is 0 Å². The van der Waals surface area contributed by atoms with E-state index in [1.54, 1.807) is 0 Å². The molecular formula is C23H29ClN4O. The summed E-state index contributed by atoms with van der Waals surface area (Å²) in [6.07, 6.45) is 3.27. The van der Waals surface area contributed by atoms with Gasteiger partial charge in [0, 0.05) is 35.8 Å². The summed E-state index contributed by atoms with van der Waals surface area (Å²) in [5.41, 5.74) is 11.1. The number of nitrogens with zero attached hydrogens (tertiary/aromatic N) is 1. The summed E-state index contributed by atoms with van der Waals surface area (Å²) in [5, 5.41) is 4.00. The van der Waals surface area contributed by atoms with Gasteiger partial charge in [-0.2, -0.15) is 0 Å². The van der Waals surface area contributed by atoms with E-state index in [1.807, 2.05) is 38.1 Å². The summed E-state index contributed by atoms with van der Waals surface area (Å²) in [4.78, 5) is 15.1. The number of amides is 1. The van der Waals surface area contributed by atoms with Gasteiger partial charge in [0.05, 0.1) is 6.17 Å². The van der Waals surface area contributed by atoms with Crippen molar-refractivity contribution in [3.8, 4) is 0 Å². The van der Waals surface area contributed by atoms with Gasteiger partial charge in [-0.25, -0.2) is 10.9 Å². The molecule has 1 amide bonds. The van der Waals surface area contributed by atoms with E-state index in [0.29, 0.717) is 12.2 Å². The van der Waals surface area contributed by atoms with E-state index in [0.717, 1.165) is 48.5 Å². The molecule has 154 valence electrons. The van der Waals surface area contributed by atoms with Gasteiger partial charge in [0.25, 0.3) is 5.91 Å². The normalized spacial score (nSPS) is 23.3. The van der Waals surface area contributed by atoms with Crippen molar-refractivity contribution >= 4 is 17.5 Å². The van der Waals surface area contributed by atoms with Gasteiger partial charge in [0.15, 0.2) is 0 Å². The summed E-state index contributed by atoms with van der Waals surface area (Å²) in [5.74, 6) is 0.0458. The van der Waals surface area contributed by atoms with Gasteiger partial charge in [-0.15, -0.1) is 0 Å². The average Bonchev–Trinajstić information content (AvgIpc) is 3.19. The molecule has 2 saturated heterocycles. The van der Waals surface area contributed by atoms with Crippen LogP contribution in [0.1, 0.15) is 52.4 Å². The number of hydrogen-bond donors (Lipinski definition) is 3. The maximum Gasteiger partial charge on any atom is 0.251 e. The minimum Gasteiger partial charge on any atom is -0.349 e. The average molecular weight is 413 g/mol. The van der Waals surface area contributed by atoms with Crippen LogP contribution in [0.2, 0.25) is 5.02 Å². The lowest BCUT2D eigenvalue weighted by Crippen LogP contribution is -2.51. The fourth-order valence-corrected chi connectivity index (χ4v) is 4.51. The highest BCUT2D eigenvalue weighted by molar-refractivity contribution is 6.30. The summed E-state index contributed by atoms with van der Waals surface area (Å²) >= 11 is 6.00. The highest BCUT2D eigenvalue weighted by Crippen LogP contribution is 2.26. The first kappa shape index (κ1) is 20.4. The third-order valence-electron chi connectivity index (χ3n) is 6.09. The van der Waals surface area contributed by atoms with Crippen molar-refractivity contribution in [2.45, 2.75) is 51.4 Å². The fraction of sp³-hybridized carbons (Fsp3) is 0.435. The minimum atomic E-state index is 0.0458. The molecule has 0 saturated carbocycles. The quantitative estimate of drug-likeness (QED) is 0.716. The number of carbonyl (C=O) groups excluding carboxylic acids is 1. The second kappa shape index (κ2) is 8.84. The molecule has 2 aliphatic heterocycles. The monoisotopic (exact) mass is 412 g/mol. The number of nitrogens with one attached hydrogen (secondary N) is 3. The minimum absolute atomic E-state index is 0.0458. The maximum atomic E-state index is 12.7. The first-order valence-corrected chi connectivity index (χ1v) is 10.8. The predicted octanol–water partition coefficient (Wildman–Crippen LogP) is 3.72. The second-order valence-corrected chi connectivity index (χ2v) is 8.68. The topological polar surface area (TPSA) is 56.4 Å². The zero-order valence-electron chi connectivity index (χ0n) is 17.0. The summed E-state index contributed by atoms with van der Waals surface area (Å²) < 4.78 is 0. The van der Waals surface area contributed by atoms with Crippen molar-refractivity contribution < 1.29 is 4.79 Å². The van der Waals surface area contributed by atoms with Crippen molar-refractivity contribution in [1.82, 2.24) is 21.1 Å². The number of rotatable bonds is 4. The zero-order valence-corrected chi connectivity index (χ0v) is 17.8. The van der Waals surface area contributed by atoms with Crippen molar-refractivity contribution in [2.75, 3.05) is 13.1 Å². The Morgan fingerprint density at radius 3 is 2.48 bits per heavy atom. The molecule has 2 heterocycles. The van der Waals surface area contributed by atoms with Gasteiger partial charge in [0.2, 0.25) is 0 Å². The van der Waals surface area contributed by atoms with Gasteiger partial charge < -0.3 is 5.32 Å². The first-order valence-electron chi connectivity index (χ1n) is 10.4. The van der Waals surface area contributed by atoms with E-state index in [2.05, 4.69) is 39.3 Å². The number of likely N-dealkylation sites (tertiary alicyclic amines) is 1. The fourth-order valence-electron chi connectivity index (χ4n) is 4.38. The number of hydrogen-bond acceptors (Lipinski definition) is 4. The summed E-state index contributed by atoms with van der Waals surface area (Å²) in [6, 6.07) is 14.6. The van der Waals surface area contributed by atoms with Crippen LogP contribution in [-0.2, 0) is 0 Å². The Balaban J connectivity index is 1.27. The molecule has 0 spiro atoms. The van der Waals surface area contributed by atoms with Crippen LogP contribution in [0, 0.1) is 13.8 Å². The van der Waals surface area contributed by atoms with E-state index < -0.39 is 0 Å². The highest BCUT2D eigenvalue weighted by Gasteiger charge is 2.32. The van der Waals surface area contributed by atoms with E-state index in [4.69, 9.17) is 11.6 Å². The Morgan fingerprint density at radius 1 is 1.07 bits per heavy atom. The Morgan fingerprint density at radius 2 is 1.79 bits per heavy atom. The molecule has 0 bridgehead atoms. The maximum absolute atomic E-state index is 12.7. The zero-order chi connectivity index (χ0) is 20.4. The lowest BCUT2D eigenvalue weighted by Gasteiger charge is -2.36. The largest absolute Gasteiger partial charge is 0.349 e. The number of piperidine rings is 1. The molecule has 2 fully saturated rings. The molecule has 4 rings (SSSR count). The molecule has 0 radical (unpaired) electrons. The van der Waals surface area contributed by atoms with E-state index in [1.165, 1.54) is 11.1 Å². The SMILES string of the molecule is Cc1ccc(C(=O)NC2CCN(C3CC(c4ccc(Cl)cc4)NN3)CC2)c(C)c1. The highest BCUT2D eigenvalue weighted by atomic mass is 35.5. The molecule has 0 aliphatic carbocycles. The van der Waals surface area contributed by atoms with Gasteiger partial charge in [-0.05, 0) is 62.4 Å². The van der Waals surface area contributed by atoms with Crippen LogP contribution in [0.3, 0.4) is 0 Å². The van der Waals surface area contributed by atoms with Crippen LogP contribution in [0.25, 0.3) is 0 Å². The Bertz CT molecular complexity index is 862. The molecule has 2 atom stereocenters. The molecule has 2 aromatic rings. The van der Waals surface area contributed by atoms with Crippen molar-refractivity contribution in [1.29, 1.82) is 0 Å². The summed E-state index contributed by atoms with van der Waals surface area (Å²) in [7, 11) is 0. The lowest BCUT2D eigenvalue weighted by atomic mass is 10.00. The standard InChI is InChI=1S/C23H29ClN4O/c1-15-3-8-20(16(2)13-15)23(29)25-19-9-11-28(12-10-19)22-14-21(26-27-22)17-4-6-18(24)7-5-17/h3-8,13,19,21-22,26-27H,9-12,14H2,1-2H3,(H,25,29). The molecule has 2 aromatic carbocycles. The number of hydrazine groups is 1. The molecule has 2 unspecified atom stereocenters. The smallest absolute Gasteiger partial charge is 0.251 e. The molecule has 0 aromatic heterocycles. The summed E-state index contributed by atoms with van der Waals surface area (Å²) in [6.45, 7) is 6.00. The Kier molecular flexibility index (Phi) is 6.20. The van der Waals surface area contributed by atoms with Gasteiger partial charge in [0.1, 0.15) is 0 Å². The van der Waals surface area contributed by atoms with Crippen LogP contribution >= 0.6 is 11.6 Å². The van der Waals surface area contributed by atoms with Gasteiger partial charge >= 0.3 is 0 Å². The van der Waals surface area contributed by atoms with Crippen LogP contribution in [0.15, 0.2) is 42.5 Å². The van der Waals surface area contributed by atoms with Crippen molar-refractivity contribution in [2.24, 2.45) is 0 Å². The van der Waals surface area contributed by atoms with Gasteiger partial charge in [-0.1, -0.05) is 41.4 Å². The number of carbonyl (C=O) groups is 1. The third-order valence-corrected chi connectivity index (χ3v) is 6.34. The molecule has 6 heteroatoms. The Labute approximate surface area is 177 Å². The van der Waals surface area contributed by atoms with E-state index in [9.17, 15) is 4.79 Å². The van der Waals surface area contributed by atoms with E-state index in [-0.39, 0.29) is 11.9 Å². The van der Waals surface area contributed by atoms with Crippen LogP contribution in [0.4, 0.5) is 0 Å². The second-order valence-electron chi connectivity index (χ2n) is 8.25. The molecule has 5 nitrogen and oxygen atoms in total. The Hall–Kier alpha value is -1.92. The van der Waals surface area contributed by atoms with Crippen molar-refractivity contribution in [3.63, 3.8) is 0 Å². The molecule has 2 aliphatic rings. The molecule has 3 N–H and O–H groups in total. The van der Waals surface area contributed by atoms with Crippen LogP contribution < -0.4 is 16.2 Å². The molecule has 29 heavy (non-hydrogen) atoms. The third kappa shape index (κ3) is 4.81. The molecular weight excluding hydrogens is 384 g/mol. The van der Waals surface area contributed by atoms with Crippen LogP contribution in [-0.4, -0.2) is 36.1 Å². The number of aryl methyl sites for hydroxylation is 2. The first-order chi connectivity index (χ1) is 14.0.